The summed E-state index contributed by atoms with van der Waals surface area (Å²) in [4.78, 5) is 24.4. The zero-order chi connectivity index (χ0) is 50.6. The van der Waals surface area contributed by atoms with Crippen molar-refractivity contribution in [3.05, 3.63) is 170 Å². The lowest BCUT2D eigenvalue weighted by atomic mass is 10.0. The van der Waals surface area contributed by atoms with Crippen molar-refractivity contribution in [1.29, 1.82) is 0 Å². The lowest BCUT2D eigenvalue weighted by Gasteiger charge is -2.15. The maximum Gasteiger partial charge on any atom is 0.306 e. The highest BCUT2D eigenvalue weighted by molar-refractivity contribution is 5.70. The first-order chi connectivity index (χ1) is 34.6. The van der Waals surface area contributed by atoms with Crippen molar-refractivity contribution in [3.63, 3.8) is 0 Å². The van der Waals surface area contributed by atoms with Gasteiger partial charge in [-0.05, 0) is 122 Å². The van der Waals surface area contributed by atoms with E-state index in [1.165, 1.54) is 57.8 Å². The van der Waals surface area contributed by atoms with Gasteiger partial charge in [-0.1, -0.05) is 242 Å². The lowest BCUT2D eigenvalue weighted by Crippen LogP contribution is -2.28. The van der Waals surface area contributed by atoms with E-state index in [1.54, 1.807) is 0 Å². The fourth-order valence-electron chi connectivity index (χ4n) is 6.93. The van der Waals surface area contributed by atoms with Crippen LogP contribution in [0.2, 0.25) is 0 Å². The third-order valence-electron chi connectivity index (χ3n) is 11.0. The van der Waals surface area contributed by atoms with Crippen molar-refractivity contribution in [3.8, 4) is 0 Å². The van der Waals surface area contributed by atoms with E-state index in [1.807, 2.05) is 0 Å². The summed E-state index contributed by atoms with van der Waals surface area (Å²) in [6.45, 7) is 3.84. The Labute approximate surface area is 430 Å². The van der Waals surface area contributed by atoms with Crippen molar-refractivity contribution >= 4 is 11.9 Å². The van der Waals surface area contributed by atoms with Gasteiger partial charge < -0.3 is 14.6 Å². The molecule has 0 aliphatic rings. The predicted octanol–water partition coefficient (Wildman–Crippen LogP) is 19.0. The molecule has 1 atom stereocenters. The lowest BCUT2D eigenvalue weighted by molar-refractivity contribution is -0.161. The minimum absolute atomic E-state index is 0.107. The largest absolute Gasteiger partial charge is 0.462 e. The summed E-state index contributed by atoms with van der Waals surface area (Å²) in [5, 5.41) is 9.63. The van der Waals surface area contributed by atoms with E-state index in [0.29, 0.717) is 19.3 Å². The van der Waals surface area contributed by atoms with Gasteiger partial charge in [0.25, 0.3) is 0 Å². The van der Waals surface area contributed by atoms with Gasteiger partial charge in [-0.15, -0.1) is 0 Å². The Kier molecular flexibility index (Phi) is 54.6. The smallest absolute Gasteiger partial charge is 0.306 e. The second-order valence-corrected chi connectivity index (χ2v) is 17.5. The average Bonchev–Trinajstić information content (AvgIpc) is 3.36. The van der Waals surface area contributed by atoms with Crippen molar-refractivity contribution < 1.29 is 24.2 Å². The van der Waals surface area contributed by atoms with Gasteiger partial charge >= 0.3 is 11.9 Å². The number of rotatable bonds is 48. The molecule has 0 heterocycles. The zero-order valence-corrected chi connectivity index (χ0v) is 44.5. The number of aliphatic hydroxyl groups excluding tert-OH is 1. The number of unbranched alkanes of at least 4 members (excludes halogenated alkanes) is 12. The number of ether oxygens (including phenoxy) is 2. The zero-order valence-electron chi connectivity index (χ0n) is 44.5. The Bertz CT molecular complexity index is 1600. The molecule has 0 aromatic carbocycles. The molecular formula is C65H100O5. The molecule has 1 unspecified atom stereocenters. The van der Waals surface area contributed by atoms with Crippen LogP contribution in [0.25, 0.3) is 0 Å². The summed E-state index contributed by atoms with van der Waals surface area (Å²) in [5.74, 6) is -0.675. The first-order valence-corrected chi connectivity index (χ1v) is 27.7. The Morgan fingerprint density at radius 2 is 0.586 bits per heavy atom. The van der Waals surface area contributed by atoms with E-state index in [2.05, 4.69) is 184 Å². The number of carbonyl (C=O) groups is 2. The number of esters is 2. The van der Waals surface area contributed by atoms with Crippen LogP contribution < -0.4 is 0 Å². The monoisotopic (exact) mass is 961 g/mol. The number of carbonyl (C=O) groups excluding carboxylic acids is 2. The Morgan fingerprint density at radius 1 is 0.329 bits per heavy atom. The predicted molar refractivity (Wildman–Crippen MR) is 306 cm³/mol. The fourth-order valence-corrected chi connectivity index (χ4v) is 6.93. The van der Waals surface area contributed by atoms with E-state index in [0.717, 1.165) is 116 Å². The normalized spacial score (nSPS) is 13.6. The van der Waals surface area contributed by atoms with E-state index in [9.17, 15) is 14.7 Å². The number of hydrogen-bond donors (Lipinski definition) is 1. The van der Waals surface area contributed by atoms with E-state index in [-0.39, 0.29) is 25.2 Å². The third kappa shape index (κ3) is 55.9. The molecule has 0 spiro atoms. The molecule has 70 heavy (non-hydrogen) atoms. The molecule has 0 aliphatic carbocycles. The van der Waals surface area contributed by atoms with Gasteiger partial charge in [0.2, 0.25) is 0 Å². The average molecular weight is 962 g/mol. The SMILES string of the molecule is CC/C=C\C/C=C\C/C=C\C/C=C\C/C=C\C/C=C\C/C=C\C/C=C\C/C=C\CCCCCCCCCCCCCC(=O)OC(CO)COC(=O)CCC/C=C\C/C=C\C/C=C\C/C=C\C/C=C\CC. The highest BCUT2D eigenvalue weighted by Gasteiger charge is 2.16. The van der Waals surface area contributed by atoms with Crippen LogP contribution in [0.15, 0.2) is 170 Å². The molecule has 0 radical (unpaired) electrons. The van der Waals surface area contributed by atoms with Crippen LogP contribution in [0.4, 0.5) is 0 Å². The summed E-state index contributed by atoms with van der Waals surface area (Å²) in [6, 6.07) is 0. The first-order valence-electron chi connectivity index (χ1n) is 27.7. The highest BCUT2D eigenvalue weighted by Crippen LogP contribution is 2.14. The molecule has 0 aromatic heterocycles. The van der Waals surface area contributed by atoms with Gasteiger partial charge in [0.05, 0.1) is 6.61 Å². The van der Waals surface area contributed by atoms with Crippen LogP contribution in [0.3, 0.4) is 0 Å². The number of aliphatic hydroxyl groups is 1. The van der Waals surface area contributed by atoms with Gasteiger partial charge in [-0.3, -0.25) is 9.59 Å². The van der Waals surface area contributed by atoms with Crippen LogP contribution in [-0.4, -0.2) is 36.4 Å². The summed E-state index contributed by atoms with van der Waals surface area (Å²) in [5.41, 5.74) is 0. The van der Waals surface area contributed by atoms with Gasteiger partial charge in [0.15, 0.2) is 6.10 Å². The van der Waals surface area contributed by atoms with Crippen LogP contribution in [-0.2, 0) is 19.1 Å². The van der Waals surface area contributed by atoms with E-state index < -0.39 is 6.10 Å². The molecule has 0 rings (SSSR count). The minimum Gasteiger partial charge on any atom is -0.462 e. The summed E-state index contributed by atoms with van der Waals surface area (Å²) >= 11 is 0. The third-order valence-corrected chi connectivity index (χ3v) is 11.0. The van der Waals surface area contributed by atoms with Crippen molar-refractivity contribution in [2.75, 3.05) is 13.2 Å². The molecule has 5 heteroatoms. The summed E-state index contributed by atoms with van der Waals surface area (Å²) in [7, 11) is 0. The summed E-state index contributed by atoms with van der Waals surface area (Å²) < 4.78 is 10.6. The molecule has 0 amide bonds. The van der Waals surface area contributed by atoms with E-state index in [4.69, 9.17) is 9.47 Å². The number of hydrogen-bond acceptors (Lipinski definition) is 5. The second-order valence-electron chi connectivity index (χ2n) is 17.5. The number of allylic oxidation sites excluding steroid dienone is 28. The molecule has 0 aliphatic heterocycles. The molecule has 0 bridgehead atoms. The highest BCUT2D eigenvalue weighted by atomic mass is 16.6. The molecular weight excluding hydrogens is 861 g/mol. The summed E-state index contributed by atoms with van der Waals surface area (Å²) in [6.07, 6.45) is 91.8. The van der Waals surface area contributed by atoms with Gasteiger partial charge in [0.1, 0.15) is 6.61 Å². The fraction of sp³-hybridized carbons (Fsp3) is 0.538. The van der Waals surface area contributed by atoms with Gasteiger partial charge in [-0.25, -0.2) is 0 Å². The van der Waals surface area contributed by atoms with Gasteiger partial charge in [-0.2, -0.15) is 0 Å². The Hall–Kier alpha value is -4.74. The molecule has 5 nitrogen and oxygen atoms in total. The molecule has 0 fully saturated rings. The van der Waals surface area contributed by atoms with Crippen LogP contribution >= 0.6 is 0 Å². The van der Waals surface area contributed by atoms with Crippen LogP contribution in [0, 0.1) is 0 Å². The maximum atomic E-state index is 12.3. The van der Waals surface area contributed by atoms with Crippen molar-refractivity contribution in [2.24, 2.45) is 0 Å². The topological polar surface area (TPSA) is 72.8 Å². The molecule has 0 saturated carbocycles. The minimum atomic E-state index is -0.809. The van der Waals surface area contributed by atoms with Gasteiger partial charge in [0, 0.05) is 12.8 Å². The second kappa shape index (κ2) is 58.6. The van der Waals surface area contributed by atoms with Crippen LogP contribution in [0.5, 0.6) is 0 Å². The molecule has 1 N–H and O–H groups in total. The Balaban J connectivity index is 3.63. The molecule has 390 valence electrons. The van der Waals surface area contributed by atoms with Crippen LogP contribution in [0.1, 0.15) is 206 Å². The van der Waals surface area contributed by atoms with Crippen molar-refractivity contribution in [2.45, 2.75) is 213 Å². The quantitative estimate of drug-likeness (QED) is 0.0374. The van der Waals surface area contributed by atoms with E-state index >= 15 is 0 Å². The molecule has 0 saturated heterocycles. The maximum absolute atomic E-state index is 12.3. The van der Waals surface area contributed by atoms with Crippen molar-refractivity contribution in [1.82, 2.24) is 0 Å². The molecule has 0 aromatic rings. The Morgan fingerprint density at radius 3 is 0.900 bits per heavy atom. The standard InChI is InChI=1S/C65H100O5/c1-3-5-7-9-11-13-15-17-19-21-22-23-24-25-26-27-28-29-30-31-32-33-34-35-36-37-38-39-40-41-42-44-46-48-50-52-54-56-58-60-65(68)70-63(61-66)62-69-64(67)59-57-55-53-51-49-47-45-43-20-18-16-14-12-10-8-6-4-2/h5-8,11-14,17-20,22-23,25-26,28-29,31-32,34-35,37-38,45,47,51,53,63,66H,3-4,9-10,15-16,21,24,27,30,33,36,39-44,46,48-50,52,54-62H2,1-2H3/b7-5-,8-6-,13-11-,14-12-,19-17-,20-18-,23-22-,26-25-,29-28-,32-31-,35-34-,38-37-,47-45-,53-51-. The first kappa shape index (κ1) is 65.3.